The molecular weight excluding hydrogens is 218 g/mol. The zero-order valence-electron chi connectivity index (χ0n) is 10.3. The van der Waals surface area contributed by atoms with Gasteiger partial charge >= 0.3 is 0 Å². The van der Waals surface area contributed by atoms with Gasteiger partial charge in [0.15, 0.2) is 0 Å². The number of carbonyl (C=O) groups excluding carboxylic acids is 2. The molecule has 0 aromatic carbocycles. The number of rotatable bonds is 3. The molecule has 5 nitrogen and oxygen atoms in total. The van der Waals surface area contributed by atoms with Crippen LogP contribution < -0.4 is 16.0 Å². The predicted octanol–water partition coefficient (Wildman–Crippen LogP) is -0.231. The van der Waals surface area contributed by atoms with E-state index in [1.54, 1.807) is 0 Å². The molecule has 0 radical (unpaired) electrons. The van der Waals surface area contributed by atoms with Gasteiger partial charge in [0, 0.05) is 12.5 Å². The molecule has 2 aliphatic rings. The van der Waals surface area contributed by atoms with Crippen molar-refractivity contribution < 1.29 is 9.59 Å². The van der Waals surface area contributed by atoms with Crippen LogP contribution in [0.4, 0.5) is 0 Å². The fourth-order valence-electron chi connectivity index (χ4n) is 2.56. The SMILES string of the molecule is CC(NC(=O)C1CCC(=O)N1)C1CCCNC1. The molecule has 0 aromatic rings. The normalized spacial score (nSPS) is 30.8. The van der Waals surface area contributed by atoms with Crippen molar-refractivity contribution >= 4 is 11.8 Å². The Morgan fingerprint density at radius 1 is 1.47 bits per heavy atom. The third kappa shape index (κ3) is 3.19. The minimum Gasteiger partial charge on any atom is -0.352 e. The quantitative estimate of drug-likeness (QED) is 0.637. The lowest BCUT2D eigenvalue weighted by Gasteiger charge is -2.29. The first-order chi connectivity index (χ1) is 8.16. The Morgan fingerprint density at radius 2 is 2.29 bits per heavy atom. The molecular formula is C12H21N3O2. The highest BCUT2D eigenvalue weighted by Crippen LogP contribution is 2.15. The third-order valence-corrected chi connectivity index (χ3v) is 3.72. The van der Waals surface area contributed by atoms with Crippen molar-refractivity contribution in [1.82, 2.24) is 16.0 Å². The monoisotopic (exact) mass is 239 g/mol. The van der Waals surface area contributed by atoms with Gasteiger partial charge in [-0.15, -0.1) is 0 Å². The van der Waals surface area contributed by atoms with E-state index in [4.69, 9.17) is 0 Å². The first kappa shape index (κ1) is 12.4. The first-order valence-electron chi connectivity index (χ1n) is 6.47. The average molecular weight is 239 g/mol. The van der Waals surface area contributed by atoms with Crippen molar-refractivity contribution in [2.24, 2.45) is 5.92 Å². The number of amides is 2. The zero-order valence-corrected chi connectivity index (χ0v) is 10.3. The summed E-state index contributed by atoms with van der Waals surface area (Å²) in [7, 11) is 0. The van der Waals surface area contributed by atoms with Gasteiger partial charge in [0.2, 0.25) is 11.8 Å². The molecule has 2 fully saturated rings. The van der Waals surface area contributed by atoms with E-state index >= 15 is 0 Å². The van der Waals surface area contributed by atoms with Gasteiger partial charge in [-0.3, -0.25) is 9.59 Å². The van der Waals surface area contributed by atoms with Crippen LogP contribution in [0.25, 0.3) is 0 Å². The van der Waals surface area contributed by atoms with E-state index in [0.29, 0.717) is 18.8 Å². The fourth-order valence-corrected chi connectivity index (χ4v) is 2.56. The summed E-state index contributed by atoms with van der Waals surface area (Å²) in [6, 6.07) is -0.144. The van der Waals surface area contributed by atoms with Crippen LogP contribution in [0.5, 0.6) is 0 Å². The summed E-state index contributed by atoms with van der Waals surface area (Å²) in [5.74, 6) is 0.455. The van der Waals surface area contributed by atoms with Gasteiger partial charge in [-0.05, 0) is 45.2 Å². The summed E-state index contributed by atoms with van der Waals surface area (Å²) in [4.78, 5) is 22.9. The number of carbonyl (C=O) groups is 2. The highest BCUT2D eigenvalue weighted by molar-refractivity contribution is 5.90. The van der Waals surface area contributed by atoms with Crippen LogP contribution in [0, 0.1) is 5.92 Å². The molecule has 2 saturated heterocycles. The van der Waals surface area contributed by atoms with E-state index in [0.717, 1.165) is 19.5 Å². The summed E-state index contributed by atoms with van der Waals surface area (Å²) in [5.41, 5.74) is 0. The highest BCUT2D eigenvalue weighted by Gasteiger charge is 2.29. The maximum absolute atomic E-state index is 11.9. The van der Waals surface area contributed by atoms with Crippen molar-refractivity contribution in [2.45, 2.75) is 44.7 Å². The molecule has 2 aliphatic heterocycles. The van der Waals surface area contributed by atoms with Crippen LogP contribution >= 0.6 is 0 Å². The maximum atomic E-state index is 11.9. The topological polar surface area (TPSA) is 70.2 Å². The molecule has 0 spiro atoms. The molecule has 0 aromatic heterocycles. The minimum atomic E-state index is -0.318. The molecule has 0 bridgehead atoms. The fraction of sp³-hybridized carbons (Fsp3) is 0.833. The van der Waals surface area contributed by atoms with Crippen molar-refractivity contribution in [3.63, 3.8) is 0 Å². The Kier molecular flexibility index (Phi) is 3.99. The summed E-state index contributed by atoms with van der Waals surface area (Å²) in [6.45, 7) is 4.10. The van der Waals surface area contributed by atoms with Gasteiger partial charge in [-0.25, -0.2) is 0 Å². The van der Waals surface area contributed by atoms with E-state index in [2.05, 4.69) is 16.0 Å². The van der Waals surface area contributed by atoms with Crippen molar-refractivity contribution in [3.8, 4) is 0 Å². The molecule has 96 valence electrons. The van der Waals surface area contributed by atoms with Crippen LogP contribution in [0.3, 0.4) is 0 Å². The van der Waals surface area contributed by atoms with Crippen molar-refractivity contribution in [1.29, 1.82) is 0 Å². The molecule has 0 saturated carbocycles. The lowest BCUT2D eigenvalue weighted by atomic mass is 9.92. The summed E-state index contributed by atoms with van der Waals surface area (Å²) < 4.78 is 0. The lowest BCUT2D eigenvalue weighted by molar-refractivity contribution is -0.126. The van der Waals surface area contributed by atoms with Crippen LogP contribution in [-0.2, 0) is 9.59 Å². The molecule has 3 N–H and O–H groups in total. The van der Waals surface area contributed by atoms with Gasteiger partial charge in [0.25, 0.3) is 0 Å². The Morgan fingerprint density at radius 3 is 2.88 bits per heavy atom. The first-order valence-corrected chi connectivity index (χ1v) is 6.47. The van der Waals surface area contributed by atoms with Crippen molar-refractivity contribution in [2.75, 3.05) is 13.1 Å². The van der Waals surface area contributed by atoms with Gasteiger partial charge in [-0.1, -0.05) is 0 Å². The molecule has 2 heterocycles. The Bertz CT molecular complexity index is 300. The van der Waals surface area contributed by atoms with E-state index in [-0.39, 0.29) is 23.9 Å². The Hall–Kier alpha value is -1.10. The molecule has 3 atom stereocenters. The van der Waals surface area contributed by atoms with E-state index in [9.17, 15) is 9.59 Å². The number of piperidine rings is 1. The summed E-state index contributed by atoms with van der Waals surface area (Å²) in [5, 5.41) is 9.06. The van der Waals surface area contributed by atoms with Gasteiger partial charge in [-0.2, -0.15) is 0 Å². The van der Waals surface area contributed by atoms with E-state index < -0.39 is 0 Å². The standard InChI is InChI=1S/C12H21N3O2/c1-8(9-3-2-6-13-7-9)14-12(17)10-4-5-11(16)15-10/h8-10,13H,2-7H2,1H3,(H,14,17)(H,15,16). The van der Waals surface area contributed by atoms with Gasteiger partial charge < -0.3 is 16.0 Å². The van der Waals surface area contributed by atoms with Crippen LogP contribution in [0.1, 0.15) is 32.6 Å². The smallest absolute Gasteiger partial charge is 0.242 e. The van der Waals surface area contributed by atoms with Crippen molar-refractivity contribution in [3.05, 3.63) is 0 Å². The average Bonchev–Trinajstić information content (AvgIpc) is 2.77. The van der Waals surface area contributed by atoms with Crippen LogP contribution in [0.2, 0.25) is 0 Å². The Labute approximate surface area is 102 Å². The van der Waals surface area contributed by atoms with E-state index in [1.165, 1.54) is 6.42 Å². The minimum absolute atomic E-state index is 0.0165. The molecule has 0 aliphatic carbocycles. The molecule has 2 amide bonds. The second-order valence-corrected chi connectivity index (χ2v) is 5.06. The summed E-state index contributed by atoms with van der Waals surface area (Å²) >= 11 is 0. The summed E-state index contributed by atoms with van der Waals surface area (Å²) in [6.07, 6.45) is 3.42. The molecule has 17 heavy (non-hydrogen) atoms. The second-order valence-electron chi connectivity index (χ2n) is 5.06. The third-order valence-electron chi connectivity index (χ3n) is 3.72. The largest absolute Gasteiger partial charge is 0.352 e. The van der Waals surface area contributed by atoms with E-state index in [1.807, 2.05) is 6.92 Å². The van der Waals surface area contributed by atoms with Crippen LogP contribution in [-0.4, -0.2) is 37.0 Å². The van der Waals surface area contributed by atoms with Gasteiger partial charge in [0.05, 0.1) is 0 Å². The molecule has 2 rings (SSSR count). The molecule has 3 unspecified atom stereocenters. The van der Waals surface area contributed by atoms with Gasteiger partial charge in [0.1, 0.15) is 6.04 Å². The zero-order chi connectivity index (χ0) is 12.3. The molecule has 5 heteroatoms. The second kappa shape index (κ2) is 5.49. The van der Waals surface area contributed by atoms with Crippen LogP contribution in [0.15, 0.2) is 0 Å². The number of hydrogen-bond acceptors (Lipinski definition) is 3. The predicted molar refractivity (Wildman–Crippen MR) is 64.4 cm³/mol. The number of hydrogen-bond donors (Lipinski definition) is 3. The highest BCUT2D eigenvalue weighted by atomic mass is 16.2. The Balaban J connectivity index is 1.79. The lowest BCUT2D eigenvalue weighted by Crippen LogP contribution is -2.49. The maximum Gasteiger partial charge on any atom is 0.242 e. The number of nitrogens with one attached hydrogen (secondary N) is 3.